The summed E-state index contributed by atoms with van der Waals surface area (Å²) in [5.74, 6) is 0.504. The number of nitrogen functional groups attached to an aromatic ring is 1. The van der Waals surface area contributed by atoms with Crippen LogP contribution in [0, 0.1) is 0 Å². The highest BCUT2D eigenvalue weighted by Gasteiger charge is 2.07. The second-order valence-corrected chi connectivity index (χ2v) is 4.50. The third-order valence-corrected chi connectivity index (χ3v) is 3.21. The van der Waals surface area contributed by atoms with Crippen molar-refractivity contribution >= 4 is 27.1 Å². The first-order valence-electron chi connectivity index (χ1n) is 4.45. The second kappa shape index (κ2) is 3.04. The molecule has 13 heavy (non-hydrogen) atoms. The summed E-state index contributed by atoms with van der Waals surface area (Å²) in [6.07, 6.45) is 0. The van der Waals surface area contributed by atoms with Gasteiger partial charge < -0.3 is 5.73 Å². The number of hydrogen-bond acceptors (Lipinski definition) is 2. The molecule has 1 nitrogen and oxygen atoms in total. The minimum absolute atomic E-state index is 0.504. The van der Waals surface area contributed by atoms with Crippen LogP contribution in [-0.4, -0.2) is 0 Å². The molecule has 1 aromatic carbocycles. The van der Waals surface area contributed by atoms with Gasteiger partial charge in [0.25, 0.3) is 0 Å². The van der Waals surface area contributed by atoms with E-state index in [-0.39, 0.29) is 0 Å². The molecule has 0 spiro atoms. The molecule has 0 radical (unpaired) electrons. The summed E-state index contributed by atoms with van der Waals surface area (Å²) in [5, 5.41) is 3.29. The number of anilines is 1. The number of fused-ring (bicyclic) bond motifs is 1. The zero-order chi connectivity index (χ0) is 9.42. The maximum atomic E-state index is 6.07. The molecule has 2 rings (SSSR count). The van der Waals surface area contributed by atoms with Crippen LogP contribution in [0.2, 0.25) is 0 Å². The lowest BCUT2D eigenvalue weighted by Crippen LogP contribution is -1.95. The van der Waals surface area contributed by atoms with Crippen LogP contribution in [0.4, 0.5) is 5.69 Å². The first-order chi connectivity index (χ1) is 6.20. The molecule has 0 fully saturated rings. The third-order valence-electron chi connectivity index (χ3n) is 2.33. The van der Waals surface area contributed by atoms with Crippen molar-refractivity contribution in [3.05, 3.63) is 29.1 Å². The van der Waals surface area contributed by atoms with E-state index in [0.29, 0.717) is 5.92 Å². The zero-order valence-electron chi connectivity index (χ0n) is 7.87. The molecule has 0 bridgehead atoms. The van der Waals surface area contributed by atoms with Crippen molar-refractivity contribution in [2.24, 2.45) is 0 Å². The van der Waals surface area contributed by atoms with Gasteiger partial charge in [-0.15, -0.1) is 11.3 Å². The Balaban J connectivity index is 2.73. The van der Waals surface area contributed by atoms with Crippen LogP contribution in [0.1, 0.15) is 25.3 Å². The molecule has 1 aromatic heterocycles. The summed E-state index contributed by atoms with van der Waals surface area (Å²) in [4.78, 5) is 0. The normalized spacial score (nSPS) is 11.3. The van der Waals surface area contributed by atoms with Crippen LogP contribution in [0.15, 0.2) is 23.6 Å². The molecule has 0 saturated heterocycles. The van der Waals surface area contributed by atoms with E-state index in [9.17, 15) is 0 Å². The maximum Gasteiger partial charge on any atom is 0.0437 e. The molecular weight excluding hydrogens is 178 g/mol. The summed E-state index contributed by atoms with van der Waals surface area (Å²) < 4.78 is 1.28. The molecular formula is C11H13NS. The summed E-state index contributed by atoms with van der Waals surface area (Å²) >= 11 is 1.74. The van der Waals surface area contributed by atoms with Gasteiger partial charge in [0.2, 0.25) is 0 Å². The Kier molecular flexibility index (Phi) is 2.00. The molecule has 0 amide bonds. The summed E-state index contributed by atoms with van der Waals surface area (Å²) in [6, 6.07) is 6.39. The number of thiophene rings is 1. The lowest BCUT2D eigenvalue weighted by molar-refractivity contribution is 0.872. The number of nitrogens with two attached hydrogens (primary N) is 1. The fourth-order valence-electron chi connectivity index (χ4n) is 1.59. The van der Waals surface area contributed by atoms with Crippen molar-refractivity contribution in [2.75, 3.05) is 5.73 Å². The molecule has 0 aliphatic heterocycles. The van der Waals surface area contributed by atoms with E-state index in [0.717, 1.165) is 5.69 Å². The first-order valence-corrected chi connectivity index (χ1v) is 5.33. The topological polar surface area (TPSA) is 26.0 Å². The minimum atomic E-state index is 0.504. The van der Waals surface area contributed by atoms with E-state index < -0.39 is 0 Å². The Morgan fingerprint density at radius 3 is 2.69 bits per heavy atom. The van der Waals surface area contributed by atoms with Gasteiger partial charge in [0.1, 0.15) is 0 Å². The van der Waals surface area contributed by atoms with Crippen LogP contribution >= 0.6 is 11.3 Å². The van der Waals surface area contributed by atoms with Gasteiger partial charge in [-0.1, -0.05) is 19.9 Å². The Bertz CT molecular complexity index is 429. The molecule has 2 heteroatoms. The standard InChI is InChI=1S/C11H13NS/c1-7(2)8-3-4-10-9(11(8)12)5-6-13-10/h3-7H,12H2,1-2H3. The SMILES string of the molecule is CC(C)c1ccc2sccc2c1N. The van der Waals surface area contributed by atoms with Crippen LogP contribution in [0.5, 0.6) is 0 Å². The monoisotopic (exact) mass is 191 g/mol. The number of hydrogen-bond donors (Lipinski definition) is 1. The zero-order valence-corrected chi connectivity index (χ0v) is 8.69. The van der Waals surface area contributed by atoms with Gasteiger partial charge in [-0.05, 0) is 29.0 Å². The van der Waals surface area contributed by atoms with Crippen molar-refractivity contribution in [1.29, 1.82) is 0 Å². The summed E-state index contributed by atoms with van der Waals surface area (Å²) in [7, 11) is 0. The van der Waals surface area contributed by atoms with Gasteiger partial charge in [-0.2, -0.15) is 0 Å². The average Bonchev–Trinajstić information content (AvgIpc) is 2.52. The molecule has 2 N–H and O–H groups in total. The van der Waals surface area contributed by atoms with Gasteiger partial charge in [0.05, 0.1) is 0 Å². The Morgan fingerprint density at radius 1 is 1.23 bits per heavy atom. The van der Waals surface area contributed by atoms with Crippen LogP contribution in [-0.2, 0) is 0 Å². The number of rotatable bonds is 1. The highest BCUT2D eigenvalue weighted by Crippen LogP contribution is 2.32. The Morgan fingerprint density at radius 2 is 2.00 bits per heavy atom. The molecule has 2 aromatic rings. The Labute approximate surface area is 82.2 Å². The van der Waals surface area contributed by atoms with Crippen molar-refractivity contribution < 1.29 is 0 Å². The maximum absolute atomic E-state index is 6.07. The smallest absolute Gasteiger partial charge is 0.0437 e. The van der Waals surface area contributed by atoms with E-state index in [2.05, 4.69) is 37.4 Å². The molecule has 0 aliphatic carbocycles. The minimum Gasteiger partial charge on any atom is -0.398 e. The van der Waals surface area contributed by atoms with Gasteiger partial charge in [0.15, 0.2) is 0 Å². The molecule has 68 valence electrons. The first kappa shape index (κ1) is 8.57. The average molecular weight is 191 g/mol. The van der Waals surface area contributed by atoms with Crippen molar-refractivity contribution in [3.8, 4) is 0 Å². The molecule has 0 atom stereocenters. The van der Waals surface area contributed by atoms with Crippen molar-refractivity contribution in [1.82, 2.24) is 0 Å². The summed E-state index contributed by atoms with van der Waals surface area (Å²) in [5.41, 5.74) is 8.28. The quantitative estimate of drug-likeness (QED) is 0.685. The predicted molar refractivity (Wildman–Crippen MR) is 60.3 cm³/mol. The van der Waals surface area contributed by atoms with Crippen LogP contribution in [0.3, 0.4) is 0 Å². The molecule has 1 heterocycles. The summed E-state index contributed by atoms with van der Waals surface area (Å²) in [6.45, 7) is 4.34. The number of benzene rings is 1. The second-order valence-electron chi connectivity index (χ2n) is 3.56. The predicted octanol–water partition coefficient (Wildman–Crippen LogP) is 3.61. The van der Waals surface area contributed by atoms with E-state index >= 15 is 0 Å². The van der Waals surface area contributed by atoms with E-state index in [4.69, 9.17) is 5.73 Å². The lowest BCUT2D eigenvalue weighted by atomic mass is 10.00. The highest BCUT2D eigenvalue weighted by molar-refractivity contribution is 7.17. The van der Waals surface area contributed by atoms with Gasteiger partial charge in [0, 0.05) is 15.8 Å². The van der Waals surface area contributed by atoms with Gasteiger partial charge in [-0.25, -0.2) is 0 Å². The lowest BCUT2D eigenvalue weighted by Gasteiger charge is -2.09. The van der Waals surface area contributed by atoms with Crippen LogP contribution in [0.25, 0.3) is 10.1 Å². The fourth-order valence-corrected chi connectivity index (χ4v) is 2.39. The largest absolute Gasteiger partial charge is 0.398 e. The fraction of sp³-hybridized carbons (Fsp3) is 0.273. The highest BCUT2D eigenvalue weighted by atomic mass is 32.1. The molecule has 0 unspecified atom stereocenters. The van der Waals surface area contributed by atoms with E-state index in [1.807, 2.05) is 0 Å². The van der Waals surface area contributed by atoms with Crippen molar-refractivity contribution in [2.45, 2.75) is 19.8 Å². The van der Waals surface area contributed by atoms with Crippen molar-refractivity contribution in [3.63, 3.8) is 0 Å². The van der Waals surface area contributed by atoms with Gasteiger partial charge in [-0.3, -0.25) is 0 Å². The Hall–Kier alpha value is -1.02. The third kappa shape index (κ3) is 1.31. The van der Waals surface area contributed by atoms with Crippen LogP contribution < -0.4 is 5.73 Å². The van der Waals surface area contributed by atoms with Gasteiger partial charge >= 0.3 is 0 Å². The van der Waals surface area contributed by atoms with E-state index in [1.54, 1.807) is 11.3 Å². The van der Waals surface area contributed by atoms with E-state index in [1.165, 1.54) is 15.6 Å². The molecule has 0 aliphatic rings. The molecule has 0 saturated carbocycles.